The van der Waals surface area contributed by atoms with E-state index in [-0.39, 0.29) is 18.5 Å². The zero-order chi connectivity index (χ0) is 45.1. The third-order valence-corrected chi connectivity index (χ3v) is 12.4. The van der Waals surface area contributed by atoms with Gasteiger partial charge < -0.3 is 20.3 Å². The van der Waals surface area contributed by atoms with Crippen LogP contribution in [0.25, 0.3) is 0 Å². The van der Waals surface area contributed by atoms with E-state index in [1.54, 1.807) is 6.08 Å². The Kier molecular flexibility index (Phi) is 50.1. The van der Waals surface area contributed by atoms with Gasteiger partial charge in [0.15, 0.2) is 0 Å². The number of nitrogens with one attached hydrogen (secondary N) is 1. The van der Waals surface area contributed by atoms with E-state index in [0.717, 1.165) is 51.4 Å². The Morgan fingerprint density at radius 1 is 0.435 bits per heavy atom. The van der Waals surface area contributed by atoms with Gasteiger partial charge in [0.25, 0.3) is 0 Å². The van der Waals surface area contributed by atoms with Gasteiger partial charge in [0, 0.05) is 12.8 Å². The first-order valence-electron chi connectivity index (χ1n) is 27.3. The van der Waals surface area contributed by atoms with E-state index in [2.05, 4.69) is 43.5 Å². The molecule has 1 amide bonds. The third-order valence-electron chi connectivity index (χ3n) is 12.4. The largest absolute Gasteiger partial charge is 0.466 e. The summed E-state index contributed by atoms with van der Waals surface area (Å²) >= 11 is 0. The van der Waals surface area contributed by atoms with Crippen LogP contribution in [0.1, 0.15) is 284 Å². The first kappa shape index (κ1) is 60.1. The van der Waals surface area contributed by atoms with Gasteiger partial charge in [-0.2, -0.15) is 0 Å². The predicted octanol–water partition coefficient (Wildman–Crippen LogP) is 16.5. The molecule has 0 aliphatic rings. The summed E-state index contributed by atoms with van der Waals surface area (Å²) in [6.45, 7) is 4.86. The molecule has 0 saturated heterocycles. The van der Waals surface area contributed by atoms with Crippen LogP contribution in [0.4, 0.5) is 0 Å². The lowest BCUT2D eigenvalue weighted by molar-refractivity contribution is -0.143. The van der Waals surface area contributed by atoms with Gasteiger partial charge in [0.1, 0.15) is 0 Å². The summed E-state index contributed by atoms with van der Waals surface area (Å²) in [6, 6.07) is -0.634. The zero-order valence-electron chi connectivity index (χ0n) is 41.4. The zero-order valence-corrected chi connectivity index (χ0v) is 41.4. The van der Waals surface area contributed by atoms with Crippen molar-refractivity contribution in [3.05, 3.63) is 36.5 Å². The van der Waals surface area contributed by atoms with Gasteiger partial charge >= 0.3 is 5.97 Å². The molecular formula is C56H105NO5. The molecular weight excluding hydrogens is 767 g/mol. The van der Waals surface area contributed by atoms with E-state index >= 15 is 0 Å². The molecule has 0 aromatic rings. The normalized spacial score (nSPS) is 12.9. The molecule has 0 rings (SSSR count). The van der Waals surface area contributed by atoms with Crippen LogP contribution in [-0.4, -0.2) is 47.4 Å². The summed E-state index contributed by atoms with van der Waals surface area (Å²) in [5.41, 5.74) is 0. The Hall–Kier alpha value is -1.92. The number of carbonyl (C=O) groups excluding carboxylic acids is 2. The minimum Gasteiger partial charge on any atom is -0.466 e. The maximum absolute atomic E-state index is 12.4. The van der Waals surface area contributed by atoms with Crippen molar-refractivity contribution < 1.29 is 24.5 Å². The molecule has 0 radical (unpaired) electrons. The van der Waals surface area contributed by atoms with Crippen LogP contribution in [0.3, 0.4) is 0 Å². The summed E-state index contributed by atoms with van der Waals surface area (Å²) in [7, 11) is 0. The van der Waals surface area contributed by atoms with E-state index in [4.69, 9.17) is 4.74 Å². The highest BCUT2D eigenvalue weighted by Crippen LogP contribution is 2.15. The number of aliphatic hydroxyl groups is 2. The number of rotatable bonds is 50. The summed E-state index contributed by atoms with van der Waals surface area (Å²) in [5.74, 6) is -0.0852. The van der Waals surface area contributed by atoms with Crippen molar-refractivity contribution in [2.45, 2.75) is 296 Å². The Bertz CT molecular complexity index is 1010. The fourth-order valence-corrected chi connectivity index (χ4v) is 8.15. The minimum atomic E-state index is -0.850. The van der Waals surface area contributed by atoms with Gasteiger partial charge in [-0.3, -0.25) is 9.59 Å². The van der Waals surface area contributed by atoms with E-state index < -0.39 is 12.1 Å². The van der Waals surface area contributed by atoms with Crippen molar-refractivity contribution in [1.29, 1.82) is 0 Å². The lowest BCUT2D eigenvalue weighted by atomic mass is 10.0. The van der Waals surface area contributed by atoms with Gasteiger partial charge in [-0.25, -0.2) is 0 Å². The van der Waals surface area contributed by atoms with Crippen LogP contribution in [0.5, 0.6) is 0 Å². The van der Waals surface area contributed by atoms with Crippen molar-refractivity contribution >= 4 is 11.9 Å². The molecule has 0 aromatic heterocycles. The molecule has 0 aliphatic heterocycles. The van der Waals surface area contributed by atoms with Crippen molar-refractivity contribution in [1.82, 2.24) is 5.32 Å². The van der Waals surface area contributed by atoms with E-state index in [1.807, 2.05) is 6.08 Å². The van der Waals surface area contributed by atoms with Crippen molar-refractivity contribution in [3.8, 4) is 0 Å². The Morgan fingerprint density at radius 3 is 1.16 bits per heavy atom. The molecule has 0 bridgehead atoms. The summed E-state index contributed by atoms with van der Waals surface area (Å²) < 4.78 is 5.46. The molecule has 0 aliphatic carbocycles. The molecule has 62 heavy (non-hydrogen) atoms. The maximum Gasteiger partial charge on any atom is 0.305 e. The van der Waals surface area contributed by atoms with E-state index in [9.17, 15) is 19.8 Å². The lowest BCUT2D eigenvalue weighted by Gasteiger charge is -2.20. The van der Waals surface area contributed by atoms with Crippen molar-refractivity contribution in [2.75, 3.05) is 13.2 Å². The molecule has 364 valence electrons. The number of esters is 1. The molecule has 0 spiro atoms. The van der Waals surface area contributed by atoms with Crippen LogP contribution in [0.2, 0.25) is 0 Å². The monoisotopic (exact) mass is 872 g/mol. The molecule has 0 fully saturated rings. The first-order valence-corrected chi connectivity index (χ1v) is 27.3. The molecule has 3 N–H and O–H groups in total. The Labute approximate surface area is 385 Å². The quantitative estimate of drug-likeness (QED) is 0.0321. The Balaban J connectivity index is 3.47. The van der Waals surface area contributed by atoms with Crippen molar-refractivity contribution in [3.63, 3.8) is 0 Å². The predicted molar refractivity (Wildman–Crippen MR) is 269 cm³/mol. The Morgan fingerprint density at radius 2 is 0.758 bits per heavy atom. The average molecular weight is 872 g/mol. The SMILES string of the molecule is CCCCCC/C=C\CCCCCCCC(=O)OCCCCCCCCCC/C=C\CCCCCCCCCC(=O)NC(CO)C(O)/C=C/CCCCCCCCCCCCC. The fraction of sp³-hybridized carbons (Fsp3) is 0.857. The number of hydrogen-bond donors (Lipinski definition) is 3. The molecule has 6 nitrogen and oxygen atoms in total. The van der Waals surface area contributed by atoms with Crippen molar-refractivity contribution in [2.24, 2.45) is 0 Å². The van der Waals surface area contributed by atoms with Crippen LogP contribution >= 0.6 is 0 Å². The number of ether oxygens (including phenoxy) is 1. The molecule has 6 heteroatoms. The third kappa shape index (κ3) is 47.6. The summed E-state index contributed by atoms with van der Waals surface area (Å²) in [6.07, 6.45) is 62.9. The van der Waals surface area contributed by atoms with Crippen LogP contribution < -0.4 is 5.32 Å². The molecule has 0 heterocycles. The van der Waals surface area contributed by atoms with Gasteiger partial charge in [0.2, 0.25) is 5.91 Å². The number of aliphatic hydroxyl groups excluding tert-OH is 2. The van der Waals surface area contributed by atoms with Crippen LogP contribution in [0.15, 0.2) is 36.5 Å². The van der Waals surface area contributed by atoms with E-state index in [0.29, 0.717) is 19.4 Å². The molecule has 2 atom stereocenters. The highest BCUT2D eigenvalue weighted by Gasteiger charge is 2.18. The number of hydrogen-bond acceptors (Lipinski definition) is 5. The number of allylic oxidation sites excluding steroid dienone is 5. The topological polar surface area (TPSA) is 95.9 Å². The van der Waals surface area contributed by atoms with E-state index in [1.165, 1.54) is 205 Å². The summed E-state index contributed by atoms with van der Waals surface area (Å²) in [4.78, 5) is 24.4. The average Bonchev–Trinajstić information content (AvgIpc) is 3.27. The van der Waals surface area contributed by atoms with Gasteiger partial charge in [-0.1, -0.05) is 224 Å². The summed E-state index contributed by atoms with van der Waals surface area (Å²) in [5, 5.41) is 23.0. The number of unbranched alkanes of at least 4 members (excludes halogenated alkanes) is 35. The second-order valence-corrected chi connectivity index (χ2v) is 18.5. The molecule has 0 aromatic carbocycles. The first-order chi connectivity index (χ1) is 30.5. The minimum absolute atomic E-state index is 0.00663. The van der Waals surface area contributed by atoms with Gasteiger partial charge in [-0.05, 0) is 83.5 Å². The molecule has 2 unspecified atom stereocenters. The second kappa shape index (κ2) is 51.7. The number of amides is 1. The lowest BCUT2D eigenvalue weighted by Crippen LogP contribution is -2.45. The number of carbonyl (C=O) groups is 2. The second-order valence-electron chi connectivity index (χ2n) is 18.5. The molecule has 0 saturated carbocycles. The van der Waals surface area contributed by atoms with Gasteiger partial charge in [-0.15, -0.1) is 0 Å². The highest BCUT2D eigenvalue weighted by molar-refractivity contribution is 5.76. The fourth-order valence-electron chi connectivity index (χ4n) is 8.15. The van der Waals surface area contributed by atoms with Crippen LogP contribution in [0, 0.1) is 0 Å². The standard InChI is InChI=1S/C56H105NO5/c1-3-5-7-9-11-13-15-24-28-32-36-40-44-48-54(59)53(52-58)57-55(60)49-45-41-37-33-29-26-22-20-18-17-19-21-23-27-31-35-39-43-47-51-62-56(61)50-46-42-38-34-30-25-16-14-12-10-8-6-4-2/h14,16-18,44,48,53-54,58-59H,3-13,15,19-43,45-47,49-52H2,1-2H3,(H,57,60)/b16-14-,18-17-,48-44+. The highest BCUT2D eigenvalue weighted by atomic mass is 16.5. The van der Waals surface area contributed by atoms with Crippen LogP contribution in [-0.2, 0) is 14.3 Å². The van der Waals surface area contributed by atoms with Gasteiger partial charge in [0.05, 0.1) is 25.4 Å². The smallest absolute Gasteiger partial charge is 0.305 e. The maximum atomic E-state index is 12.4.